The van der Waals surface area contributed by atoms with Crippen molar-refractivity contribution in [1.82, 2.24) is 0 Å². The maximum absolute atomic E-state index is 9.33. The van der Waals surface area contributed by atoms with Crippen LogP contribution in [0.3, 0.4) is 0 Å². The van der Waals surface area contributed by atoms with Crippen molar-refractivity contribution >= 4 is 11.6 Å². The monoisotopic (exact) mass is 224 g/mol. The van der Waals surface area contributed by atoms with Gasteiger partial charge in [0.2, 0.25) is 0 Å². The quantitative estimate of drug-likeness (QED) is 0.801. The second-order valence-corrected chi connectivity index (χ2v) is 3.49. The molecule has 0 aliphatic carbocycles. The van der Waals surface area contributed by atoms with Gasteiger partial charge in [-0.05, 0) is 31.5 Å². The van der Waals surface area contributed by atoms with Gasteiger partial charge in [-0.2, -0.15) is 0 Å². The molecule has 0 aliphatic rings. The lowest BCUT2D eigenvalue weighted by Gasteiger charge is -2.08. The van der Waals surface area contributed by atoms with Crippen LogP contribution in [0.25, 0.3) is 0 Å². The van der Waals surface area contributed by atoms with Crippen molar-refractivity contribution in [3.8, 4) is 17.6 Å². The molecule has 0 radical (unpaired) electrons. The lowest BCUT2D eigenvalue weighted by atomic mass is 10.1. The number of hydrogen-bond donors (Lipinski definition) is 1. The zero-order valence-electron chi connectivity index (χ0n) is 8.75. The molecule has 1 aromatic carbocycles. The summed E-state index contributed by atoms with van der Waals surface area (Å²) < 4.78 is 5.32. The molecule has 0 saturated carbocycles. The lowest BCUT2D eigenvalue weighted by Crippen LogP contribution is -1.96. The van der Waals surface area contributed by atoms with Crippen LogP contribution < -0.4 is 4.74 Å². The van der Waals surface area contributed by atoms with E-state index in [1.165, 1.54) is 0 Å². The largest absolute Gasteiger partial charge is 0.479 e. The molecule has 3 heteroatoms. The van der Waals surface area contributed by atoms with E-state index in [1.54, 1.807) is 32.0 Å². The highest BCUT2D eigenvalue weighted by molar-refractivity contribution is 6.32. The second-order valence-electron chi connectivity index (χ2n) is 3.08. The summed E-state index contributed by atoms with van der Waals surface area (Å²) in [5.41, 5.74) is 0.772. The first kappa shape index (κ1) is 11.9. The fourth-order valence-corrected chi connectivity index (χ4v) is 1.32. The Bertz CT molecular complexity index is 388. The summed E-state index contributed by atoms with van der Waals surface area (Å²) in [5, 5.41) is 9.82. The summed E-state index contributed by atoms with van der Waals surface area (Å²) in [5.74, 6) is 6.10. The third-order valence-electron chi connectivity index (χ3n) is 1.91. The fourth-order valence-electron chi connectivity index (χ4n) is 1.08. The predicted molar refractivity (Wildman–Crippen MR) is 61.0 cm³/mol. The Kier molecular flexibility index (Phi) is 4.48. The standard InChI is InChI=1S/C12H13ClO2/c1-3-4-7-15-12-6-5-10(9(2)14)8-11(12)13/h5-6,8-9,14H,7H2,1-2H3/t9-/m1/s1. The molecule has 0 saturated heterocycles. The van der Waals surface area contributed by atoms with E-state index in [4.69, 9.17) is 16.3 Å². The van der Waals surface area contributed by atoms with Gasteiger partial charge < -0.3 is 9.84 Å². The molecule has 1 atom stereocenters. The van der Waals surface area contributed by atoms with Crippen LogP contribution in [0.5, 0.6) is 5.75 Å². The first-order valence-corrected chi connectivity index (χ1v) is 5.03. The molecule has 15 heavy (non-hydrogen) atoms. The summed E-state index contributed by atoms with van der Waals surface area (Å²) in [7, 11) is 0. The van der Waals surface area contributed by atoms with Gasteiger partial charge in [0.05, 0.1) is 11.1 Å². The molecule has 0 fully saturated rings. The highest BCUT2D eigenvalue weighted by atomic mass is 35.5. The minimum absolute atomic E-state index is 0.324. The Balaban J connectivity index is 2.77. The van der Waals surface area contributed by atoms with Gasteiger partial charge in [0.15, 0.2) is 0 Å². The minimum atomic E-state index is -0.521. The number of hydrogen-bond acceptors (Lipinski definition) is 2. The molecular weight excluding hydrogens is 212 g/mol. The van der Waals surface area contributed by atoms with Gasteiger partial charge in [-0.15, -0.1) is 5.92 Å². The van der Waals surface area contributed by atoms with Crippen LogP contribution in [0.15, 0.2) is 18.2 Å². The van der Waals surface area contributed by atoms with Gasteiger partial charge in [0, 0.05) is 0 Å². The van der Waals surface area contributed by atoms with E-state index in [2.05, 4.69) is 11.8 Å². The van der Waals surface area contributed by atoms with Gasteiger partial charge >= 0.3 is 0 Å². The smallest absolute Gasteiger partial charge is 0.149 e. The van der Waals surface area contributed by atoms with Crippen molar-refractivity contribution in [1.29, 1.82) is 0 Å². The van der Waals surface area contributed by atoms with Crippen LogP contribution in [0.1, 0.15) is 25.5 Å². The van der Waals surface area contributed by atoms with Crippen molar-refractivity contribution in [3.05, 3.63) is 28.8 Å². The molecule has 0 aliphatic heterocycles. The van der Waals surface area contributed by atoms with Gasteiger partial charge in [-0.1, -0.05) is 23.6 Å². The van der Waals surface area contributed by atoms with Gasteiger partial charge in [0.25, 0.3) is 0 Å². The zero-order valence-corrected chi connectivity index (χ0v) is 9.51. The highest BCUT2D eigenvalue weighted by Crippen LogP contribution is 2.27. The normalized spacial score (nSPS) is 11.5. The topological polar surface area (TPSA) is 29.5 Å². The SMILES string of the molecule is CC#CCOc1ccc([C@@H](C)O)cc1Cl. The Morgan fingerprint density at radius 1 is 1.53 bits per heavy atom. The maximum atomic E-state index is 9.33. The first-order valence-electron chi connectivity index (χ1n) is 4.65. The van der Waals surface area contributed by atoms with Crippen LogP contribution in [-0.2, 0) is 0 Å². The van der Waals surface area contributed by atoms with Gasteiger partial charge in [-0.25, -0.2) is 0 Å². The Morgan fingerprint density at radius 3 is 2.80 bits per heavy atom. The summed E-state index contributed by atoms with van der Waals surface area (Å²) in [6.07, 6.45) is -0.521. The molecule has 1 N–H and O–H groups in total. The minimum Gasteiger partial charge on any atom is -0.479 e. The summed E-state index contributed by atoms with van der Waals surface area (Å²) in [6.45, 7) is 3.76. The van der Waals surface area contributed by atoms with Crippen molar-refractivity contribution in [3.63, 3.8) is 0 Å². The molecule has 0 bridgehead atoms. The molecule has 0 unspecified atom stereocenters. The number of aliphatic hydroxyl groups is 1. The third kappa shape index (κ3) is 3.47. The van der Waals surface area contributed by atoms with E-state index in [0.29, 0.717) is 17.4 Å². The van der Waals surface area contributed by atoms with E-state index in [9.17, 15) is 5.11 Å². The van der Waals surface area contributed by atoms with Gasteiger partial charge in [-0.3, -0.25) is 0 Å². The van der Waals surface area contributed by atoms with E-state index in [0.717, 1.165) is 5.56 Å². The number of rotatable bonds is 3. The molecule has 1 rings (SSSR count). The van der Waals surface area contributed by atoms with E-state index in [1.807, 2.05) is 0 Å². The van der Waals surface area contributed by atoms with Crippen molar-refractivity contribution < 1.29 is 9.84 Å². The van der Waals surface area contributed by atoms with E-state index < -0.39 is 6.10 Å². The molecule has 1 aromatic rings. The Hall–Kier alpha value is -1.17. The summed E-state index contributed by atoms with van der Waals surface area (Å²) >= 11 is 5.97. The van der Waals surface area contributed by atoms with E-state index >= 15 is 0 Å². The summed E-state index contributed by atoms with van der Waals surface area (Å²) in [4.78, 5) is 0. The molecular formula is C12H13ClO2. The van der Waals surface area contributed by atoms with Gasteiger partial charge in [0.1, 0.15) is 12.4 Å². The van der Waals surface area contributed by atoms with Crippen LogP contribution in [0.4, 0.5) is 0 Å². The Labute approximate surface area is 94.8 Å². The molecule has 0 aromatic heterocycles. The van der Waals surface area contributed by atoms with Crippen molar-refractivity contribution in [2.45, 2.75) is 20.0 Å². The molecule has 80 valence electrons. The summed E-state index contributed by atoms with van der Waals surface area (Å²) in [6, 6.07) is 5.22. The molecule has 2 nitrogen and oxygen atoms in total. The van der Waals surface area contributed by atoms with Crippen molar-refractivity contribution in [2.24, 2.45) is 0 Å². The average molecular weight is 225 g/mol. The molecule has 0 spiro atoms. The molecule has 0 heterocycles. The van der Waals surface area contributed by atoms with Crippen LogP contribution in [-0.4, -0.2) is 11.7 Å². The van der Waals surface area contributed by atoms with Crippen LogP contribution in [0, 0.1) is 11.8 Å². The second kappa shape index (κ2) is 5.65. The number of benzene rings is 1. The third-order valence-corrected chi connectivity index (χ3v) is 2.21. The average Bonchev–Trinajstić information content (AvgIpc) is 2.20. The van der Waals surface area contributed by atoms with Crippen LogP contribution >= 0.6 is 11.6 Å². The number of ether oxygens (including phenoxy) is 1. The fraction of sp³-hybridized carbons (Fsp3) is 0.333. The van der Waals surface area contributed by atoms with Crippen LogP contribution in [0.2, 0.25) is 5.02 Å². The first-order chi connectivity index (χ1) is 7.15. The van der Waals surface area contributed by atoms with E-state index in [-0.39, 0.29) is 0 Å². The number of aliphatic hydroxyl groups excluding tert-OH is 1. The lowest BCUT2D eigenvalue weighted by molar-refractivity contribution is 0.199. The molecule has 0 amide bonds. The predicted octanol–water partition coefficient (Wildman–Crippen LogP) is 2.80. The number of halogens is 1. The maximum Gasteiger partial charge on any atom is 0.149 e. The highest BCUT2D eigenvalue weighted by Gasteiger charge is 2.05. The van der Waals surface area contributed by atoms with Crippen molar-refractivity contribution in [2.75, 3.05) is 6.61 Å². The zero-order chi connectivity index (χ0) is 11.3. The Morgan fingerprint density at radius 2 is 2.27 bits per heavy atom.